The van der Waals surface area contributed by atoms with Crippen LogP contribution in [0.4, 0.5) is 5.69 Å². The number of anilines is 1. The molecule has 0 spiro atoms. The van der Waals surface area contributed by atoms with E-state index in [0.717, 1.165) is 19.3 Å². The summed E-state index contributed by atoms with van der Waals surface area (Å²) in [6.45, 7) is 1.19. The van der Waals surface area contributed by atoms with Gasteiger partial charge in [-0.15, -0.1) is 0 Å². The predicted octanol–water partition coefficient (Wildman–Crippen LogP) is 4.42. The van der Waals surface area contributed by atoms with Gasteiger partial charge in [0.05, 0.1) is 24.5 Å². The average Bonchev–Trinajstić information content (AvgIpc) is 2.80. The molecule has 0 atom stereocenters. The lowest BCUT2D eigenvalue weighted by Gasteiger charge is -2.21. The molecule has 6 heteroatoms. The molecule has 2 amide bonds. The maximum absolute atomic E-state index is 12.6. The quantitative estimate of drug-likeness (QED) is 0.600. The highest BCUT2D eigenvalue weighted by Gasteiger charge is 2.15. The Morgan fingerprint density at radius 1 is 0.967 bits per heavy atom. The van der Waals surface area contributed by atoms with E-state index >= 15 is 0 Å². The van der Waals surface area contributed by atoms with Crippen LogP contribution in [0, 0.1) is 0 Å². The van der Waals surface area contributed by atoms with Gasteiger partial charge in [0.25, 0.3) is 11.8 Å². The second-order valence-electron chi connectivity index (χ2n) is 7.47. The van der Waals surface area contributed by atoms with E-state index in [1.54, 1.807) is 55.6 Å². The van der Waals surface area contributed by atoms with Gasteiger partial charge in [-0.3, -0.25) is 9.59 Å². The molecule has 2 N–H and O–H groups in total. The van der Waals surface area contributed by atoms with E-state index in [0.29, 0.717) is 41.8 Å². The van der Waals surface area contributed by atoms with Gasteiger partial charge in [0.15, 0.2) is 0 Å². The van der Waals surface area contributed by atoms with E-state index in [1.807, 2.05) is 0 Å². The molecule has 0 saturated heterocycles. The minimum atomic E-state index is -0.279. The summed E-state index contributed by atoms with van der Waals surface area (Å²) in [5, 5.41) is 5.74. The Morgan fingerprint density at radius 3 is 2.43 bits per heavy atom. The van der Waals surface area contributed by atoms with E-state index in [-0.39, 0.29) is 11.8 Å². The number of hydrogen-bond donors (Lipinski definition) is 2. The molecule has 160 valence electrons. The van der Waals surface area contributed by atoms with E-state index in [4.69, 9.17) is 9.47 Å². The largest absolute Gasteiger partial charge is 0.497 e. The Hall–Kier alpha value is -2.86. The normalized spacial score (nSPS) is 14.2. The minimum absolute atomic E-state index is 0.210. The highest BCUT2D eigenvalue weighted by molar-refractivity contribution is 6.09. The average molecular weight is 411 g/mol. The van der Waals surface area contributed by atoms with E-state index in [9.17, 15) is 9.59 Å². The monoisotopic (exact) mass is 410 g/mol. The first-order valence-electron chi connectivity index (χ1n) is 10.6. The van der Waals surface area contributed by atoms with Gasteiger partial charge in [-0.1, -0.05) is 31.4 Å². The molecule has 0 unspecified atom stereocenters. The summed E-state index contributed by atoms with van der Waals surface area (Å²) < 4.78 is 11.0. The number of carbonyl (C=O) groups excluding carboxylic acids is 2. The van der Waals surface area contributed by atoms with Crippen LogP contribution in [0.5, 0.6) is 5.75 Å². The number of methoxy groups -OCH3 is 1. The van der Waals surface area contributed by atoms with Crippen LogP contribution in [0.1, 0.15) is 59.2 Å². The van der Waals surface area contributed by atoms with Crippen molar-refractivity contribution in [2.24, 2.45) is 0 Å². The fourth-order valence-corrected chi connectivity index (χ4v) is 3.58. The van der Waals surface area contributed by atoms with Crippen LogP contribution in [0.25, 0.3) is 0 Å². The highest BCUT2D eigenvalue weighted by atomic mass is 16.5. The Kier molecular flexibility index (Phi) is 8.27. The number of ether oxygens (including phenoxy) is 2. The third-order valence-corrected chi connectivity index (χ3v) is 5.28. The number of amides is 2. The maximum Gasteiger partial charge on any atom is 0.255 e. The molecule has 0 bridgehead atoms. The number of para-hydroxylation sites is 1. The fourth-order valence-electron chi connectivity index (χ4n) is 3.58. The molecule has 30 heavy (non-hydrogen) atoms. The van der Waals surface area contributed by atoms with Crippen molar-refractivity contribution < 1.29 is 19.1 Å². The molecule has 1 fully saturated rings. The molecule has 0 aromatic heterocycles. The Morgan fingerprint density at radius 2 is 1.70 bits per heavy atom. The van der Waals surface area contributed by atoms with Gasteiger partial charge in [-0.2, -0.15) is 0 Å². The molecule has 1 aliphatic rings. The van der Waals surface area contributed by atoms with Gasteiger partial charge in [-0.05, 0) is 55.7 Å². The smallest absolute Gasteiger partial charge is 0.255 e. The summed E-state index contributed by atoms with van der Waals surface area (Å²) in [5.41, 5.74) is 1.41. The van der Waals surface area contributed by atoms with Crippen molar-refractivity contribution in [1.82, 2.24) is 5.32 Å². The molecular weight excluding hydrogens is 380 g/mol. The number of hydrogen-bond acceptors (Lipinski definition) is 4. The van der Waals surface area contributed by atoms with Crippen molar-refractivity contribution in [2.45, 2.75) is 44.6 Å². The summed E-state index contributed by atoms with van der Waals surface area (Å²) in [6, 6.07) is 13.8. The number of carbonyl (C=O) groups is 2. The van der Waals surface area contributed by atoms with Crippen molar-refractivity contribution in [3.63, 3.8) is 0 Å². The van der Waals surface area contributed by atoms with Crippen LogP contribution in [0.15, 0.2) is 48.5 Å². The highest BCUT2D eigenvalue weighted by Crippen LogP contribution is 2.20. The van der Waals surface area contributed by atoms with Crippen molar-refractivity contribution >= 4 is 17.5 Å². The molecule has 2 aromatic rings. The van der Waals surface area contributed by atoms with Crippen molar-refractivity contribution in [3.8, 4) is 5.75 Å². The number of nitrogens with one attached hydrogen (secondary N) is 2. The summed E-state index contributed by atoms with van der Waals surface area (Å²) in [7, 11) is 1.58. The van der Waals surface area contributed by atoms with Gasteiger partial charge in [0.1, 0.15) is 5.75 Å². The van der Waals surface area contributed by atoms with E-state index < -0.39 is 0 Å². The third kappa shape index (κ3) is 6.32. The van der Waals surface area contributed by atoms with E-state index in [1.165, 1.54) is 19.3 Å². The summed E-state index contributed by atoms with van der Waals surface area (Å²) in [4.78, 5) is 25.1. The predicted molar refractivity (Wildman–Crippen MR) is 117 cm³/mol. The first-order chi connectivity index (χ1) is 14.7. The van der Waals surface area contributed by atoms with Crippen LogP contribution in [0.2, 0.25) is 0 Å². The Bertz CT molecular complexity index is 829. The van der Waals surface area contributed by atoms with Crippen LogP contribution < -0.4 is 15.4 Å². The Balaban J connectivity index is 1.49. The van der Waals surface area contributed by atoms with Crippen LogP contribution in [0.3, 0.4) is 0 Å². The van der Waals surface area contributed by atoms with Gasteiger partial charge in [0.2, 0.25) is 0 Å². The van der Waals surface area contributed by atoms with Gasteiger partial charge in [0, 0.05) is 18.7 Å². The fraction of sp³-hybridized carbons (Fsp3) is 0.417. The molecule has 1 saturated carbocycles. The zero-order chi connectivity index (χ0) is 21.2. The summed E-state index contributed by atoms with van der Waals surface area (Å²) >= 11 is 0. The molecule has 6 nitrogen and oxygen atoms in total. The molecule has 1 aliphatic carbocycles. The Labute approximate surface area is 178 Å². The van der Waals surface area contributed by atoms with Gasteiger partial charge >= 0.3 is 0 Å². The summed E-state index contributed by atoms with van der Waals surface area (Å²) in [5.74, 6) is 0.191. The van der Waals surface area contributed by atoms with Crippen molar-refractivity contribution in [2.75, 3.05) is 25.6 Å². The van der Waals surface area contributed by atoms with Crippen LogP contribution in [-0.2, 0) is 4.74 Å². The molecular formula is C24H30N2O4. The number of rotatable bonds is 9. The standard InChI is InChI=1S/C24H30N2O4/c1-29-19-14-12-18(13-15-19)23(27)26-22-11-6-5-10-21(22)24(28)25-16-7-17-30-20-8-3-2-4-9-20/h5-6,10-15,20H,2-4,7-9,16-17H2,1H3,(H,25,28)(H,26,27). The second-order valence-corrected chi connectivity index (χ2v) is 7.47. The first kappa shape index (κ1) is 21.8. The van der Waals surface area contributed by atoms with Gasteiger partial charge < -0.3 is 20.1 Å². The molecule has 3 rings (SSSR count). The zero-order valence-corrected chi connectivity index (χ0v) is 17.5. The first-order valence-corrected chi connectivity index (χ1v) is 10.6. The molecule has 0 heterocycles. The lowest BCUT2D eigenvalue weighted by atomic mass is 9.98. The second kappa shape index (κ2) is 11.4. The molecule has 0 aliphatic heterocycles. The summed E-state index contributed by atoms with van der Waals surface area (Å²) in [6.07, 6.45) is 7.25. The lowest BCUT2D eigenvalue weighted by molar-refractivity contribution is 0.0273. The van der Waals surface area contributed by atoms with Crippen LogP contribution in [-0.4, -0.2) is 38.2 Å². The SMILES string of the molecule is COc1ccc(C(=O)Nc2ccccc2C(=O)NCCCOC2CCCCC2)cc1. The van der Waals surface area contributed by atoms with E-state index in [2.05, 4.69) is 10.6 Å². The topological polar surface area (TPSA) is 76.7 Å². The van der Waals surface area contributed by atoms with Crippen molar-refractivity contribution in [3.05, 3.63) is 59.7 Å². The van der Waals surface area contributed by atoms with Gasteiger partial charge in [-0.25, -0.2) is 0 Å². The molecule has 2 aromatic carbocycles. The minimum Gasteiger partial charge on any atom is -0.497 e. The lowest BCUT2D eigenvalue weighted by Crippen LogP contribution is -2.27. The van der Waals surface area contributed by atoms with Crippen molar-refractivity contribution in [1.29, 1.82) is 0 Å². The van der Waals surface area contributed by atoms with Crippen LogP contribution >= 0.6 is 0 Å². The molecule has 0 radical (unpaired) electrons. The number of benzene rings is 2. The maximum atomic E-state index is 12.6. The zero-order valence-electron chi connectivity index (χ0n) is 17.5. The third-order valence-electron chi connectivity index (χ3n) is 5.28.